The molecule has 0 fully saturated rings. The van der Waals surface area contributed by atoms with Crippen molar-refractivity contribution in [2.24, 2.45) is 0 Å². The van der Waals surface area contributed by atoms with Crippen LogP contribution >= 0.6 is 11.6 Å². The Morgan fingerprint density at radius 1 is 1.00 bits per heavy atom. The molecule has 126 valence electrons. The van der Waals surface area contributed by atoms with Gasteiger partial charge < -0.3 is 16.0 Å². The van der Waals surface area contributed by atoms with Gasteiger partial charge in [0.05, 0.1) is 0 Å². The summed E-state index contributed by atoms with van der Waals surface area (Å²) in [4.78, 5) is 23.0. The molecule has 0 aromatic heterocycles. The van der Waals surface area contributed by atoms with Gasteiger partial charge in [0, 0.05) is 42.8 Å². The second-order valence-corrected chi connectivity index (χ2v) is 5.74. The normalized spacial score (nSPS) is 10.2. The number of nitrogens with one attached hydrogen (secondary N) is 3. The van der Waals surface area contributed by atoms with Gasteiger partial charge in [-0.1, -0.05) is 35.9 Å². The fraction of sp³-hybridized carbons (Fsp3) is 0.222. The molecule has 2 aromatic rings. The molecule has 0 saturated heterocycles. The molecule has 24 heavy (non-hydrogen) atoms. The van der Waals surface area contributed by atoms with Crippen molar-refractivity contribution in [2.45, 2.75) is 19.9 Å². The number of carbonyl (C=O) groups is 2. The van der Waals surface area contributed by atoms with Gasteiger partial charge in [-0.25, -0.2) is 0 Å². The Bertz CT molecular complexity index is 719. The van der Waals surface area contributed by atoms with Crippen molar-refractivity contribution in [3.05, 3.63) is 59.1 Å². The lowest BCUT2D eigenvalue weighted by Crippen LogP contribution is -2.21. The average Bonchev–Trinajstić information content (AvgIpc) is 2.53. The lowest BCUT2D eigenvalue weighted by atomic mass is 10.2. The van der Waals surface area contributed by atoms with Crippen molar-refractivity contribution in [3.8, 4) is 0 Å². The summed E-state index contributed by atoms with van der Waals surface area (Å²) in [6.07, 6.45) is 0.342. The van der Waals surface area contributed by atoms with Crippen LogP contribution in [0, 0.1) is 0 Å². The quantitative estimate of drug-likeness (QED) is 0.673. The third-order valence-electron chi connectivity index (χ3n) is 3.27. The Hall–Kier alpha value is -2.37. The molecule has 0 radical (unpaired) electrons. The van der Waals surface area contributed by atoms with Crippen LogP contribution in [0.1, 0.15) is 18.9 Å². The van der Waals surface area contributed by atoms with Gasteiger partial charge in [0.15, 0.2) is 0 Å². The standard InChI is InChI=1S/C18H20ClN3O2/c1-13(23)21-15-6-4-7-16(11-15)22-18(24)9-10-20-12-14-5-2-3-8-17(14)19/h2-8,11,20H,9-10,12H2,1H3,(H,21,23)(H,22,24). The predicted octanol–water partition coefficient (Wildman–Crippen LogP) is 3.42. The smallest absolute Gasteiger partial charge is 0.225 e. The third-order valence-corrected chi connectivity index (χ3v) is 3.64. The van der Waals surface area contributed by atoms with Crippen molar-refractivity contribution < 1.29 is 9.59 Å². The van der Waals surface area contributed by atoms with Crippen LogP contribution in [0.4, 0.5) is 11.4 Å². The summed E-state index contributed by atoms with van der Waals surface area (Å²) in [6, 6.07) is 14.6. The molecule has 0 bridgehead atoms. The zero-order valence-electron chi connectivity index (χ0n) is 13.4. The summed E-state index contributed by atoms with van der Waals surface area (Å²) in [5.74, 6) is -0.246. The monoisotopic (exact) mass is 345 g/mol. The van der Waals surface area contributed by atoms with Gasteiger partial charge in [-0.2, -0.15) is 0 Å². The van der Waals surface area contributed by atoms with E-state index in [0.717, 1.165) is 5.56 Å². The van der Waals surface area contributed by atoms with Gasteiger partial charge in [-0.05, 0) is 29.8 Å². The molecule has 0 saturated carbocycles. The van der Waals surface area contributed by atoms with Gasteiger partial charge in [0.2, 0.25) is 11.8 Å². The number of halogens is 1. The van der Waals surface area contributed by atoms with Gasteiger partial charge in [-0.15, -0.1) is 0 Å². The Kier molecular flexibility index (Phi) is 6.78. The van der Waals surface area contributed by atoms with E-state index < -0.39 is 0 Å². The van der Waals surface area contributed by atoms with Crippen molar-refractivity contribution in [3.63, 3.8) is 0 Å². The molecule has 2 amide bonds. The second-order valence-electron chi connectivity index (χ2n) is 5.33. The van der Waals surface area contributed by atoms with Crippen molar-refractivity contribution >= 4 is 34.8 Å². The summed E-state index contributed by atoms with van der Waals surface area (Å²) in [6.45, 7) is 2.60. The van der Waals surface area contributed by atoms with Crippen LogP contribution in [0.5, 0.6) is 0 Å². The summed E-state index contributed by atoms with van der Waals surface area (Å²) in [7, 11) is 0. The maximum absolute atomic E-state index is 12.0. The predicted molar refractivity (Wildman–Crippen MR) is 97.2 cm³/mol. The maximum Gasteiger partial charge on any atom is 0.225 e. The van der Waals surface area contributed by atoms with E-state index >= 15 is 0 Å². The third kappa shape index (κ3) is 6.02. The van der Waals surface area contributed by atoms with Gasteiger partial charge in [-0.3, -0.25) is 9.59 Å². The van der Waals surface area contributed by atoms with E-state index in [2.05, 4.69) is 16.0 Å². The number of anilines is 2. The van der Waals surface area contributed by atoms with Crippen LogP contribution in [0.25, 0.3) is 0 Å². The number of hydrogen-bond donors (Lipinski definition) is 3. The minimum Gasteiger partial charge on any atom is -0.326 e. The van der Waals surface area contributed by atoms with Crippen LogP contribution in [0.3, 0.4) is 0 Å². The maximum atomic E-state index is 12.0. The number of hydrogen-bond acceptors (Lipinski definition) is 3. The molecule has 0 heterocycles. The second kappa shape index (κ2) is 9.05. The highest BCUT2D eigenvalue weighted by molar-refractivity contribution is 6.31. The van der Waals surface area contributed by atoms with Crippen LogP contribution in [-0.2, 0) is 16.1 Å². The van der Waals surface area contributed by atoms with E-state index in [-0.39, 0.29) is 11.8 Å². The van der Waals surface area contributed by atoms with Gasteiger partial charge in [0.25, 0.3) is 0 Å². The van der Waals surface area contributed by atoms with E-state index in [1.165, 1.54) is 6.92 Å². The molecular weight excluding hydrogens is 326 g/mol. The van der Waals surface area contributed by atoms with E-state index in [1.807, 2.05) is 24.3 Å². The topological polar surface area (TPSA) is 70.2 Å². The highest BCUT2D eigenvalue weighted by Gasteiger charge is 2.04. The Morgan fingerprint density at radius 3 is 2.42 bits per heavy atom. The highest BCUT2D eigenvalue weighted by atomic mass is 35.5. The average molecular weight is 346 g/mol. The van der Waals surface area contributed by atoms with Crippen molar-refractivity contribution in [1.82, 2.24) is 5.32 Å². The van der Waals surface area contributed by atoms with E-state index in [0.29, 0.717) is 35.9 Å². The first kappa shape index (κ1) is 18.0. The first-order valence-corrected chi connectivity index (χ1v) is 8.04. The largest absolute Gasteiger partial charge is 0.326 e. The van der Waals surface area contributed by atoms with E-state index in [4.69, 9.17) is 11.6 Å². The summed E-state index contributed by atoms with van der Waals surface area (Å²) in [5, 5.41) is 9.40. The molecule has 0 aliphatic heterocycles. The van der Waals surface area contributed by atoms with Crippen LogP contribution in [0.15, 0.2) is 48.5 Å². The molecule has 0 aliphatic carbocycles. The molecule has 0 unspecified atom stereocenters. The highest BCUT2D eigenvalue weighted by Crippen LogP contribution is 2.16. The van der Waals surface area contributed by atoms with Crippen molar-refractivity contribution in [2.75, 3.05) is 17.2 Å². The zero-order valence-corrected chi connectivity index (χ0v) is 14.2. The molecule has 6 heteroatoms. The number of carbonyl (C=O) groups excluding carboxylic acids is 2. The zero-order chi connectivity index (χ0) is 17.4. The van der Waals surface area contributed by atoms with E-state index in [9.17, 15) is 9.59 Å². The molecule has 3 N–H and O–H groups in total. The first-order chi connectivity index (χ1) is 11.5. The summed E-state index contributed by atoms with van der Waals surface area (Å²) >= 11 is 6.07. The SMILES string of the molecule is CC(=O)Nc1cccc(NC(=O)CCNCc2ccccc2Cl)c1. The minimum absolute atomic E-state index is 0.0957. The molecule has 0 aliphatic rings. The van der Waals surface area contributed by atoms with Crippen molar-refractivity contribution in [1.29, 1.82) is 0 Å². The molecule has 2 rings (SSSR count). The fourth-order valence-corrected chi connectivity index (χ4v) is 2.37. The summed E-state index contributed by atoms with van der Waals surface area (Å²) < 4.78 is 0. The first-order valence-electron chi connectivity index (χ1n) is 7.66. The summed E-state index contributed by atoms with van der Waals surface area (Å²) in [5.41, 5.74) is 2.30. The Balaban J connectivity index is 1.75. The van der Waals surface area contributed by atoms with Crippen LogP contribution in [-0.4, -0.2) is 18.4 Å². The van der Waals surface area contributed by atoms with E-state index in [1.54, 1.807) is 24.3 Å². The van der Waals surface area contributed by atoms with Gasteiger partial charge in [0.1, 0.15) is 0 Å². The fourth-order valence-electron chi connectivity index (χ4n) is 2.17. The Morgan fingerprint density at radius 2 is 1.71 bits per heavy atom. The Labute approximate surface area is 146 Å². The van der Waals surface area contributed by atoms with Crippen LogP contribution < -0.4 is 16.0 Å². The lowest BCUT2D eigenvalue weighted by molar-refractivity contribution is -0.116. The molecule has 5 nitrogen and oxygen atoms in total. The molecule has 0 spiro atoms. The van der Waals surface area contributed by atoms with Crippen LogP contribution in [0.2, 0.25) is 5.02 Å². The minimum atomic E-state index is -0.151. The molecule has 0 atom stereocenters. The molecular formula is C18H20ClN3O2. The van der Waals surface area contributed by atoms with Gasteiger partial charge >= 0.3 is 0 Å². The molecule has 2 aromatic carbocycles. The number of amides is 2. The number of benzene rings is 2. The lowest BCUT2D eigenvalue weighted by Gasteiger charge is -2.09. The number of rotatable bonds is 7.